The number of sulfonamides is 1. The number of anilines is 1. The van der Waals surface area contributed by atoms with Gasteiger partial charge in [0.15, 0.2) is 11.6 Å². The van der Waals surface area contributed by atoms with Crippen LogP contribution in [0.2, 0.25) is 0 Å². The molecule has 1 aliphatic rings. The zero-order chi connectivity index (χ0) is 19.6. The maximum atomic E-state index is 13.3. The smallest absolute Gasteiger partial charge is 0.218 e. The topological polar surface area (TPSA) is 84.2 Å². The molecule has 0 unspecified atom stereocenters. The minimum absolute atomic E-state index is 0.205. The Bertz CT molecular complexity index is 1030. The SMILES string of the molecule is O=S(=O)(Cc1cccc(F)c1)N1CCN(c2ccc(-n3cccn3)nn2)CC1. The molecule has 0 bridgehead atoms. The number of aromatic nitrogens is 4. The lowest BCUT2D eigenvalue weighted by Crippen LogP contribution is -2.49. The van der Waals surface area contributed by atoms with Crippen molar-refractivity contribution in [2.75, 3.05) is 31.1 Å². The van der Waals surface area contributed by atoms with Crippen LogP contribution in [0.3, 0.4) is 0 Å². The fourth-order valence-electron chi connectivity index (χ4n) is 3.14. The van der Waals surface area contributed by atoms with Gasteiger partial charge >= 0.3 is 0 Å². The molecule has 1 aromatic carbocycles. The molecule has 2 aromatic heterocycles. The molecule has 4 rings (SSSR count). The molecular formula is C18H19FN6O2S. The first-order valence-corrected chi connectivity index (χ1v) is 10.4. The molecule has 3 heterocycles. The Balaban J connectivity index is 1.38. The fourth-order valence-corrected chi connectivity index (χ4v) is 4.64. The van der Waals surface area contributed by atoms with Crippen molar-refractivity contribution in [3.63, 3.8) is 0 Å². The molecule has 10 heteroatoms. The monoisotopic (exact) mass is 402 g/mol. The van der Waals surface area contributed by atoms with E-state index in [1.54, 1.807) is 29.2 Å². The first-order chi connectivity index (χ1) is 13.5. The van der Waals surface area contributed by atoms with Gasteiger partial charge in [0.2, 0.25) is 10.0 Å². The van der Waals surface area contributed by atoms with E-state index in [4.69, 9.17) is 0 Å². The van der Waals surface area contributed by atoms with Gasteiger partial charge in [-0.15, -0.1) is 10.2 Å². The highest BCUT2D eigenvalue weighted by molar-refractivity contribution is 7.88. The second-order valence-corrected chi connectivity index (χ2v) is 8.44. The van der Waals surface area contributed by atoms with Gasteiger partial charge in [0, 0.05) is 38.6 Å². The van der Waals surface area contributed by atoms with E-state index >= 15 is 0 Å². The summed E-state index contributed by atoms with van der Waals surface area (Å²) in [7, 11) is -3.50. The lowest BCUT2D eigenvalue weighted by molar-refractivity contribution is 0.383. The van der Waals surface area contributed by atoms with Crippen LogP contribution in [-0.4, -0.2) is 58.9 Å². The van der Waals surface area contributed by atoms with Gasteiger partial charge in [-0.2, -0.15) is 9.40 Å². The summed E-state index contributed by atoms with van der Waals surface area (Å²) in [4.78, 5) is 1.99. The number of halogens is 1. The Labute approximate surface area is 162 Å². The van der Waals surface area contributed by atoms with Crippen molar-refractivity contribution in [2.24, 2.45) is 0 Å². The average Bonchev–Trinajstić information content (AvgIpc) is 3.23. The van der Waals surface area contributed by atoms with Gasteiger partial charge in [-0.3, -0.25) is 0 Å². The first kappa shape index (κ1) is 18.5. The third kappa shape index (κ3) is 4.02. The van der Waals surface area contributed by atoms with Crippen LogP contribution in [0.15, 0.2) is 54.9 Å². The van der Waals surface area contributed by atoms with E-state index in [-0.39, 0.29) is 5.75 Å². The molecule has 0 saturated carbocycles. The fraction of sp³-hybridized carbons (Fsp3) is 0.278. The van der Waals surface area contributed by atoms with E-state index in [1.165, 1.54) is 22.5 Å². The van der Waals surface area contributed by atoms with Gasteiger partial charge in [-0.1, -0.05) is 12.1 Å². The highest BCUT2D eigenvalue weighted by Gasteiger charge is 2.27. The zero-order valence-corrected chi connectivity index (χ0v) is 15.8. The Morgan fingerprint density at radius 1 is 0.964 bits per heavy atom. The molecule has 0 radical (unpaired) electrons. The molecule has 0 N–H and O–H groups in total. The first-order valence-electron chi connectivity index (χ1n) is 8.82. The van der Waals surface area contributed by atoms with Gasteiger partial charge in [-0.25, -0.2) is 17.5 Å². The van der Waals surface area contributed by atoms with Crippen LogP contribution >= 0.6 is 0 Å². The molecule has 8 nitrogen and oxygen atoms in total. The van der Waals surface area contributed by atoms with Crippen LogP contribution in [0.1, 0.15) is 5.56 Å². The normalized spacial score (nSPS) is 15.7. The van der Waals surface area contributed by atoms with Crippen molar-refractivity contribution in [2.45, 2.75) is 5.75 Å². The second kappa shape index (κ2) is 7.64. The number of hydrogen-bond donors (Lipinski definition) is 0. The van der Waals surface area contributed by atoms with Gasteiger partial charge in [0.1, 0.15) is 5.82 Å². The number of hydrogen-bond acceptors (Lipinski definition) is 6. The van der Waals surface area contributed by atoms with Gasteiger partial charge in [0.05, 0.1) is 5.75 Å². The third-order valence-electron chi connectivity index (χ3n) is 4.57. The van der Waals surface area contributed by atoms with E-state index in [9.17, 15) is 12.8 Å². The maximum absolute atomic E-state index is 13.3. The van der Waals surface area contributed by atoms with Crippen molar-refractivity contribution < 1.29 is 12.8 Å². The summed E-state index contributed by atoms with van der Waals surface area (Å²) in [5, 5.41) is 12.5. The van der Waals surface area contributed by atoms with E-state index in [0.29, 0.717) is 43.4 Å². The van der Waals surface area contributed by atoms with Crippen LogP contribution in [0.4, 0.5) is 10.2 Å². The lowest BCUT2D eigenvalue weighted by Gasteiger charge is -2.34. The molecule has 146 valence electrons. The van der Waals surface area contributed by atoms with E-state index in [2.05, 4.69) is 15.3 Å². The molecule has 1 fully saturated rings. The summed E-state index contributed by atoms with van der Waals surface area (Å²) in [6.45, 7) is 1.72. The largest absolute Gasteiger partial charge is 0.352 e. The van der Waals surface area contributed by atoms with Gasteiger partial charge < -0.3 is 4.90 Å². The molecule has 0 amide bonds. The molecule has 3 aromatic rings. The van der Waals surface area contributed by atoms with Crippen molar-refractivity contribution >= 4 is 15.8 Å². The van der Waals surface area contributed by atoms with Crippen molar-refractivity contribution in [1.82, 2.24) is 24.3 Å². The predicted octanol–water partition coefficient (Wildman–Crippen LogP) is 1.45. The summed E-state index contributed by atoms with van der Waals surface area (Å²) < 4.78 is 41.6. The zero-order valence-electron chi connectivity index (χ0n) is 15.0. The van der Waals surface area contributed by atoms with Crippen LogP contribution in [0, 0.1) is 5.82 Å². The molecular weight excluding hydrogens is 383 g/mol. The van der Waals surface area contributed by atoms with Gasteiger partial charge in [0.25, 0.3) is 0 Å². The summed E-state index contributed by atoms with van der Waals surface area (Å²) in [6, 6.07) is 11.2. The van der Waals surface area contributed by atoms with Crippen LogP contribution in [0.5, 0.6) is 0 Å². The Hall–Kier alpha value is -2.85. The molecule has 28 heavy (non-hydrogen) atoms. The lowest BCUT2D eigenvalue weighted by atomic mass is 10.2. The summed E-state index contributed by atoms with van der Waals surface area (Å²) in [5.41, 5.74) is 0.447. The van der Waals surface area contributed by atoms with Crippen molar-refractivity contribution in [3.05, 3.63) is 66.2 Å². The molecule has 1 saturated heterocycles. The molecule has 0 spiro atoms. The maximum Gasteiger partial charge on any atom is 0.218 e. The van der Waals surface area contributed by atoms with E-state index in [0.717, 1.165) is 0 Å². The Kier molecular flexibility index (Phi) is 5.05. The second-order valence-electron chi connectivity index (χ2n) is 6.47. The quantitative estimate of drug-likeness (QED) is 0.642. The molecule has 0 atom stereocenters. The molecule has 0 aliphatic carbocycles. The Morgan fingerprint density at radius 3 is 2.36 bits per heavy atom. The van der Waals surface area contributed by atoms with Crippen LogP contribution in [0.25, 0.3) is 5.82 Å². The minimum Gasteiger partial charge on any atom is -0.352 e. The number of nitrogens with zero attached hydrogens (tertiary/aromatic N) is 6. The van der Waals surface area contributed by atoms with Crippen molar-refractivity contribution in [1.29, 1.82) is 0 Å². The highest BCUT2D eigenvalue weighted by atomic mass is 32.2. The highest BCUT2D eigenvalue weighted by Crippen LogP contribution is 2.18. The molecule has 1 aliphatic heterocycles. The van der Waals surface area contributed by atoms with Crippen LogP contribution in [-0.2, 0) is 15.8 Å². The summed E-state index contributed by atoms with van der Waals surface area (Å²) in [6.07, 6.45) is 3.45. The minimum atomic E-state index is -3.50. The summed E-state index contributed by atoms with van der Waals surface area (Å²) >= 11 is 0. The predicted molar refractivity (Wildman–Crippen MR) is 102 cm³/mol. The average molecular weight is 402 g/mol. The standard InChI is InChI=1S/C18H19FN6O2S/c19-16-4-1-3-15(13-16)14-28(26,27)24-11-9-23(10-12-24)17-5-6-18(22-21-17)25-8-2-7-20-25/h1-8,13H,9-12,14H2. The Morgan fingerprint density at radius 2 is 1.71 bits per heavy atom. The van der Waals surface area contributed by atoms with Crippen molar-refractivity contribution in [3.8, 4) is 5.82 Å². The number of piperazine rings is 1. The number of benzene rings is 1. The van der Waals surface area contributed by atoms with E-state index < -0.39 is 15.8 Å². The third-order valence-corrected chi connectivity index (χ3v) is 6.42. The number of rotatable bonds is 5. The van der Waals surface area contributed by atoms with Gasteiger partial charge in [-0.05, 0) is 35.9 Å². The van der Waals surface area contributed by atoms with E-state index in [1.807, 2.05) is 17.0 Å². The summed E-state index contributed by atoms with van der Waals surface area (Å²) in [5.74, 6) is 0.668. The van der Waals surface area contributed by atoms with Crippen LogP contribution < -0.4 is 4.90 Å².